The van der Waals surface area contributed by atoms with E-state index in [0.717, 1.165) is 55.1 Å². The standard InChI is InChI=1S/C20H29NO2/c1-2-3-5-16-9-11-21(12-10-16)20(22)15-17-7-8-19-18(14-17)6-4-13-23-19/h7-8,14,16H,2-6,9-13,15H2,1H3/i6D. The van der Waals surface area contributed by atoms with Gasteiger partial charge < -0.3 is 9.64 Å². The number of fused-ring (bicyclic) bond motifs is 1. The van der Waals surface area contributed by atoms with Crippen LogP contribution in [0, 0.1) is 5.92 Å². The SMILES string of the molecule is [2H]C1CCOc2ccc(CC(=O)N3CCC(CCCC)CC3)cc21. The molecular formula is C20H29NO2. The van der Waals surface area contributed by atoms with E-state index in [2.05, 4.69) is 6.92 Å². The van der Waals surface area contributed by atoms with Crippen molar-refractivity contribution in [1.82, 2.24) is 4.90 Å². The Balaban J connectivity index is 1.55. The molecule has 0 radical (unpaired) electrons. The third-order valence-electron chi connectivity index (χ3n) is 5.10. The maximum atomic E-state index is 12.6. The molecule has 1 unspecified atom stereocenters. The van der Waals surface area contributed by atoms with Crippen LogP contribution in [0.2, 0.25) is 0 Å². The summed E-state index contributed by atoms with van der Waals surface area (Å²) in [6, 6.07) is 5.90. The van der Waals surface area contributed by atoms with Crippen LogP contribution in [-0.4, -0.2) is 30.5 Å². The first kappa shape index (κ1) is 15.0. The number of hydrogen-bond donors (Lipinski definition) is 0. The summed E-state index contributed by atoms with van der Waals surface area (Å²) >= 11 is 0. The Morgan fingerprint density at radius 2 is 2.22 bits per heavy atom. The molecule has 0 aromatic heterocycles. The molecule has 1 aromatic carbocycles. The molecule has 0 spiro atoms. The molecule has 0 N–H and O–H groups in total. The summed E-state index contributed by atoms with van der Waals surface area (Å²) in [7, 11) is 0. The molecule has 2 aliphatic heterocycles. The fourth-order valence-electron chi connectivity index (χ4n) is 3.63. The Hall–Kier alpha value is -1.51. The first-order valence-corrected chi connectivity index (χ1v) is 9.13. The van der Waals surface area contributed by atoms with Gasteiger partial charge in [0.2, 0.25) is 5.91 Å². The smallest absolute Gasteiger partial charge is 0.226 e. The number of aryl methyl sites for hydroxylation is 1. The third-order valence-corrected chi connectivity index (χ3v) is 5.10. The Kier molecular flexibility index (Phi) is 5.13. The van der Waals surface area contributed by atoms with Crippen molar-refractivity contribution in [3.63, 3.8) is 0 Å². The van der Waals surface area contributed by atoms with Gasteiger partial charge in [-0.2, -0.15) is 0 Å². The summed E-state index contributed by atoms with van der Waals surface area (Å²) < 4.78 is 13.7. The van der Waals surface area contributed by atoms with Gasteiger partial charge in [-0.1, -0.05) is 38.3 Å². The van der Waals surface area contributed by atoms with Gasteiger partial charge in [0.25, 0.3) is 0 Å². The van der Waals surface area contributed by atoms with Crippen LogP contribution < -0.4 is 4.74 Å². The molecule has 1 aromatic rings. The van der Waals surface area contributed by atoms with E-state index in [1.165, 1.54) is 19.3 Å². The molecular weight excluding hydrogens is 286 g/mol. The number of likely N-dealkylation sites (tertiary alicyclic amines) is 1. The van der Waals surface area contributed by atoms with Gasteiger partial charge in [0.05, 0.1) is 13.0 Å². The number of unbranched alkanes of at least 4 members (excludes halogenated alkanes) is 1. The molecule has 2 heterocycles. The van der Waals surface area contributed by atoms with Crippen molar-refractivity contribution in [3.8, 4) is 5.75 Å². The molecule has 1 atom stereocenters. The van der Waals surface area contributed by atoms with Crippen LogP contribution in [0.25, 0.3) is 0 Å². The second-order valence-corrected chi connectivity index (χ2v) is 6.86. The molecule has 2 aliphatic rings. The van der Waals surface area contributed by atoms with E-state index < -0.39 is 0 Å². The summed E-state index contributed by atoms with van der Waals surface area (Å²) in [6.07, 6.45) is 7.14. The van der Waals surface area contributed by atoms with E-state index in [1.54, 1.807) is 0 Å². The quantitative estimate of drug-likeness (QED) is 0.822. The van der Waals surface area contributed by atoms with E-state index in [9.17, 15) is 4.79 Å². The predicted octanol–water partition coefficient (Wildman–Crippen LogP) is 3.98. The largest absolute Gasteiger partial charge is 0.493 e. The number of piperidine rings is 1. The molecule has 3 heteroatoms. The van der Waals surface area contributed by atoms with Crippen molar-refractivity contribution in [1.29, 1.82) is 0 Å². The van der Waals surface area contributed by atoms with Crippen LogP contribution in [0.15, 0.2) is 18.2 Å². The van der Waals surface area contributed by atoms with E-state index in [-0.39, 0.29) is 12.3 Å². The fourth-order valence-corrected chi connectivity index (χ4v) is 3.63. The zero-order valence-corrected chi connectivity index (χ0v) is 14.2. The number of ether oxygens (including phenoxy) is 1. The van der Waals surface area contributed by atoms with E-state index in [4.69, 9.17) is 6.11 Å². The molecule has 23 heavy (non-hydrogen) atoms. The van der Waals surface area contributed by atoms with Gasteiger partial charge in [-0.25, -0.2) is 0 Å². The number of hydrogen-bond acceptors (Lipinski definition) is 2. The van der Waals surface area contributed by atoms with E-state index in [0.29, 0.717) is 13.0 Å². The summed E-state index contributed by atoms with van der Waals surface area (Å²) in [4.78, 5) is 14.6. The van der Waals surface area contributed by atoms with Crippen molar-refractivity contribution in [2.75, 3.05) is 19.7 Å². The lowest BCUT2D eigenvalue weighted by Gasteiger charge is -2.32. The molecule has 3 nitrogen and oxygen atoms in total. The number of carbonyl (C=O) groups is 1. The topological polar surface area (TPSA) is 29.5 Å². The Labute approximate surface area is 141 Å². The monoisotopic (exact) mass is 316 g/mol. The van der Waals surface area contributed by atoms with Crippen molar-refractivity contribution in [2.45, 2.75) is 58.3 Å². The van der Waals surface area contributed by atoms with Crippen LogP contribution in [0.3, 0.4) is 0 Å². The summed E-state index contributed by atoms with van der Waals surface area (Å²) in [5.41, 5.74) is 1.94. The average Bonchev–Trinajstić information content (AvgIpc) is 2.61. The highest BCUT2D eigenvalue weighted by molar-refractivity contribution is 5.79. The molecule has 1 fully saturated rings. The number of rotatable bonds is 5. The summed E-state index contributed by atoms with van der Waals surface area (Å²) in [5, 5.41) is 0. The maximum absolute atomic E-state index is 12.6. The van der Waals surface area contributed by atoms with Gasteiger partial charge in [0.1, 0.15) is 5.75 Å². The second kappa shape index (κ2) is 7.85. The highest BCUT2D eigenvalue weighted by Crippen LogP contribution is 2.27. The van der Waals surface area contributed by atoms with Crippen LogP contribution in [0.5, 0.6) is 5.75 Å². The number of carbonyl (C=O) groups excluding carboxylic acids is 1. The van der Waals surface area contributed by atoms with Gasteiger partial charge in [0.15, 0.2) is 0 Å². The first-order chi connectivity index (χ1) is 11.7. The molecule has 0 bridgehead atoms. The number of benzene rings is 1. The molecule has 126 valence electrons. The number of nitrogens with zero attached hydrogens (tertiary/aromatic N) is 1. The molecule has 0 aliphatic carbocycles. The Morgan fingerprint density at radius 3 is 3.00 bits per heavy atom. The predicted molar refractivity (Wildman–Crippen MR) is 92.8 cm³/mol. The van der Waals surface area contributed by atoms with Crippen LogP contribution in [0.1, 0.15) is 57.9 Å². The lowest BCUT2D eigenvalue weighted by atomic mass is 9.91. The van der Waals surface area contributed by atoms with Gasteiger partial charge in [-0.05, 0) is 48.8 Å². The second-order valence-electron chi connectivity index (χ2n) is 6.86. The average molecular weight is 316 g/mol. The minimum absolute atomic E-state index is 0.224. The first-order valence-electron chi connectivity index (χ1n) is 9.70. The third kappa shape index (κ3) is 4.27. The molecule has 1 saturated heterocycles. The maximum Gasteiger partial charge on any atom is 0.226 e. The van der Waals surface area contributed by atoms with Gasteiger partial charge in [-0.3, -0.25) is 4.79 Å². The van der Waals surface area contributed by atoms with Crippen LogP contribution in [0.4, 0.5) is 0 Å². The lowest BCUT2D eigenvalue weighted by Crippen LogP contribution is -2.39. The van der Waals surface area contributed by atoms with Gasteiger partial charge in [-0.15, -0.1) is 0 Å². The Bertz CT molecular complexity index is 567. The zero-order valence-electron chi connectivity index (χ0n) is 15.2. The summed E-state index contributed by atoms with van der Waals surface area (Å²) in [6.45, 7) is 4.67. The van der Waals surface area contributed by atoms with E-state index >= 15 is 0 Å². The molecule has 0 saturated carbocycles. The fraction of sp³-hybridized carbons (Fsp3) is 0.650. The van der Waals surface area contributed by atoms with Crippen molar-refractivity contribution in [3.05, 3.63) is 29.3 Å². The van der Waals surface area contributed by atoms with Crippen molar-refractivity contribution < 1.29 is 10.9 Å². The minimum atomic E-state index is -0.224. The zero-order chi connectivity index (χ0) is 16.9. The Morgan fingerprint density at radius 1 is 1.39 bits per heavy atom. The van der Waals surface area contributed by atoms with Crippen LogP contribution >= 0.6 is 0 Å². The normalized spacial score (nSPS) is 22.2. The highest BCUT2D eigenvalue weighted by atomic mass is 16.5. The lowest BCUT2D eigenvalue weighted by molar-refractivity contribution is -0.131. The molecule has 3 rings (SSSR count). The van der Waals surface area contributed by atoms with Gasteiger partial charge in [0, 0.05) is 14.5 Å². The number of amides is 1. The minimum Gasteiger partial charge on any atom is -0.493 e. The van der Waals surface area contributed by atoms with E-state index in [1.807, 2.05) is 23.1 Å². The van der Waals surface area contributed by atoms with Crippen molar-refractivity contribution >= 4 is 5.91 Å². The highest BCUT2D eigenvalue weighted by Gasteiger charge is 2.22. The molecule has 1 amide bonds. The summed E-state index contributed by atoms with van der Waals surface area (Å²) in [5.74, 6) is 1.84. The van der Waals surface area contributed by atoms with Gasteiger partial charge >= 0.3 is 0 Å². The van der Waals surface area contributed by atoms with Crippen LogP contribution in [-0.2, 0) is 17.6 Å². The van der Waals surface area contributed by atoms with Crippen molar-refractivity contribution in [2.24, 2.45) is 5.92 Å².